The second-order valence-corrected chi connectivity index (χ2v) is 9.38. The van der Waals surface area contributed by atoms with Gasteiger partial charge in [0.1, 0.15) is 0 Å². The molecular weight excluding hydrogens is 402 g/mol. The van der Waals surface area contributed by atoms with Crippen LogP contribution in [0.15, 0.2) is 59.5 Å². The average Bonchev–Trinajstić information content (AvgIpc) is 2.74. The van der Waals surface area contributed by atoms with Crippen LogP contribution in [0.2, 0.25) is 0 Å². The summed E-state index contributed by atoms with van der Waals surface area (Å²) in [6.07, 6.45) is 2.76. The van der Waals surface area contributed by atoms with Gasteiger partial charge in [0.05, 0.1) is 4.90 Å². The van der Waals surface area contributed by atoms with Crippen molar-refractivity contribution in [1.82, 2.24) is 4.31 Å². The molecule has 1 aliphatic rings. The summed E-state index contributed by atoms with van der Waals surface area (Å²) in [5.74, 6) is -0.821. The summed E-state index contributed by atoms with van der Waals surface area (Å²) < 4.78 is 27.5. The number of carbonyl (C=O) groups excluding carboxylic acids is 2. The molecule has 1 fully saturated rings. The summed E-state index contributed by atoms with van der Waals surface area (Å²) in [6.45, 7) is 2.58. The molecule has 0 radical (unpaired) electrons. The number of para-hydroxylation sites is 1. The minimum absolute atomic E-state index is 0.0277. The van der Waals surface area contributed by atoms with Gasteiger partial charge in [0, 0.05) is 36.8 Å². The lowest BCUT2D eigenvalue weighted by Crippen LogP contribution is -2.41. The molecule has 2 amide bonds. The molecule has 3 rings (SSSR count). The van der Waals surface area contributed by atoms with Crippen LogP contribution in [0, 0.1) is 0 Å². The number of carbonyl (C=O) groups is 2. The smallest absolute Gasteiger partial charge is 0.258 e. The van der Waals surface area contributed by atoms with E-state index in [0.717, 1.165) is 19.3 Å². The van der Waals surface area contributed by atoms with Crippen molar-refractivity contribution < 1.29 is 18.0 Å². The van der Waals surface area contributed by atoms with Gasteiger partial charge in [0.2, 0.25) is 15.9 Å². The maximum absolute atomic E-state index is 13.1. The Morgan fingerprint density at radius 3 is 2.33 bits per heavy atom. The SMILES string of the molecule is C[C@@H]1CCCCN1S(=O)(=O)c1ccc(C(=O)N(CCC(N)=O)c2ccccc2)cc1. The third kappa shape index (κ3) is 4.88. The van der Waals surface area contributed by atoms with Crippen LogP contribution in [0.3, 0.4) is 0 Å². The standard InChI is InChI=1S/C22H27N3O4S/c1-17-7-5-6-15-25(17)30(28,29)20-12-10-18(11-13-20)22(27)24(16-14-21(23)26)19-8-3-2-4-9-19/h2-4,8-13,17H,5-7,14-16H2,1H3,(H2,23,26)/t17-/m1/s1. The highest BCUT2D eigenvalue weighted by molar-refractivity contribution is 7.89. The Bertz CT molecular complexity index is 991. The van der Waals surface area contributed by atoms with Crippen LogP contribution < -0.4 is 10.6 Å². The lowest BCUT2D eigenvalue weighted by atomic mass is 10.1. The van der Waals surface area contributed by atoms with Crippen molar-refractivity contribution >= 4 is 27.5 Å². The predicted octanol–water partition coefficient (Wildman–Crippen LogP) is 2.77. The van der Waals surface area contributed by atoms with Gasteiger partial charge < -0.3 is 10.6 Å². The first-order chi connectivity index (χ1) is 14.3. The van der Waals surface area contributed by atoms with Gasteiger partial charge in [0.25, 0.3) is 5.91 Å². The molecule has 1 saturated heterocycles. The molecule has 0 saturated carbocycles. The molecule has 0 bridgehead atoms. The van der Waals surface area contributed by atoms with E-state index in [4.69, 9.17) is 5.73 Å². The second kappa shape index (κ2) is 9.40. The Balaban J connectivity index is 1.84. The predicted molar refractivity (Wildman–Crippen MR) is 116 cm³/mol. The van der Waals surface area contributed by atoms with Crippen molar-refractivity contribution in [2.24, 2.45) is 5.73 Å². The van der Waals surface area contributed by atoms with Gasteiger partial charge in [-0.05, 0) is 56.2 Å². The van der Waals surface area contributed by atoms with E-state index < -0.39 is 15.9 Å². The van der Waals surface area contributed by atoms with Crippen molar-refractivity contribution in [3.8, 4) is 0 Å². The zero-order valence-electron chi connectivity index (χ0n) is 17.0. The fraction of sp³-hybridized carbons (Fsp3) is 0.364. The zero-order chi connectivity index (χ0) is 21.7. The molecule has 1 heterocycles. The van der Waals surface area contributed by atoms with Crippen molar-refractivity contribution in [1.29, 1.82) is 0 Å². The number of rotatable bonds is 7. The average molecular weight is 430 g/mol. The summed E-state index contributed by atoms with van der Waals surface area (Å²) in [5, 5.41) is 0. The van der Waals surface area contributed by atoms with Crippen LogP contribution in [0.1, 0.15) is 43.0 Å². The van der Waals surface area contributed by atoms with Gasteiger partial charge >= 0.3 is 0 Å². The van der Waals surface area contributed by atoms with E-state index in [-0.39, 0.29) is 29.8 Å². The van der Waals surface area contributed by atoms with Crippen LogP contribution >= 0.6 is 0 Å². The zero-order valence-corrected chi connectivity index (χ0v) is 17.8. The van der Waals surface area contributed by atoms with Crippen molar-refractivity contribution in [3.63, 3.8) is 0 Å². The molecule has 1 aliphatic heterocycles. The lowest BCUT2D eigenvalue weighted by Gasteiger charge is -2.32. The molecule has 0 aliphatic carbocycles. The number of hydrogen-bond acceptors (Lipinski definition) is 4. The summed E-state index contributed by atoms with van der Waals surface area (Å²) >= 11 is 0. The van der Waals surface area contributed by atoms with Crippen molar-refractivity contribution in [2.75, 3.05) is 18.0 Å². The number of primary amides is 1. The monoisotopic (exact) mass is 429 g/mol. The Kier molecular flexibility index (Phi) is 6.89. The largest absolute Gasteiger partial charge is 0.370 e. The van der Waals surface area contributed by atoms with Crippen molar-refractivity contribution in [2.45, 2.75) is 43.5 Å². The van der Waals surface area contributed by atoms with E-state index in [1.165, 1.54) is 33.5 Å². The molecule has 2 N–H and O–H groups in total. The number of anilines is 1. The summed E-state index contributed by atoms with van der Waals surface area (Å²) in [6, 6.07) is 14.9. The van der Waals surface area contributed by atoms with Crippen LogP contribution in [0.5, 0.6) is 0 Å². The maximum Gasteiger partial charge on any atom is 0.258 e. The molecule has 30 heavy (non-hydrogen) atoms. The fourth-order valence-electron chi connectivity index (χ4n) is 3.67. The molecule has 0 spiro atoms. The van der Waals surface area contributed by atoms with Crippen LogP contribution in [0.25, 0.3) is 0 Å². The van der Waals surface area contributed by atoms with Gasteiger partial charge in [-0.25, -0.2) is 8.42 Å². The molecule has 0 unspecified atom stereocenters. The molecule has 7 nitrogen and oxygen atoms in total. The van der Waals surface area contributed by atoms with Gasteiger partial charge in [-0.15, -0.1) is 0 Å². The quantitative estimate of drug-likeness (QED) is 0.731. The number of sulfonamides is 1. The Morgan fingerprint density at radius 1 is 1.07 bits per heavy atom. The van der Waals surface area contributed by atoms with E-state index >= 15 is 0 Å². The van der Waals surface area contributed by atoms with Crippen LogP contribution in [0.4, 0.5) is 5.69 Å². The number of hydrogen-bond donors (Lipinski definition) is 1. The number of nitrogens with zero attached hydrogens (tertiary/aromatic N) is 2. The number of amides is 2. The Labute approximate surface area is 177 Å². The second-order valence-electron chi connectivity index (χ2n) is 7.49. The molecule has 0 aromatic heterocycles. The fourth-order valence-corrected chi connectivity index (χ4v) is 5.37. The first-order valence-corrected chi connectivity index (χ1v) is 11.5. The van der Waals surface area contributed by atoms with E-state index in [1.807, 2.05) is 13.0 Å². The number of piperidine rings is 1. The van der Waals surface area contributed by atoms with Crippen molar-refractivity contribution in [3.05, 3.63) is 60.2 Å². The van der Waals surface area contributed by atoms with E-state index in [1.54, 1.807) is 24.3 Å². The third-order valence-corrected chi connectivity index (χ3v) is 7.37. The van der Waals surface area contributed by atoms with Gasteiger partial charge in [-0.1, -0.05) is 24.6 Å². The minimum atomic E-state index is -3.60. The summed E-state index contributed by atoms with van der Waals surface area (Å²) in [4.78, 5) is 26.0. The van der Waals surface area contributed by atoms with E-state index in [0.29, 0.717) is 17.8 Å². The molecule has 2 aromatic rings. The first-order valence-electron chi connectivity index (χ1n) is 10.1. The molecule has 8 heteroatoms. The topological polar surface area (TPSA) is 101 Å². The normalized spacial score (nSPS) is 17.4. The molecular formula is C22H27N3O4S. The highest BCUT2D eigenvalue weighted by Gasteiger charge is 2.31. The lowest BCUT2D eigenvalue weighted by molar-refractivity contribution is -0.117. The van der Waals surface area contributed by atoms with Gasteiger partial charge in [0.15, 0.2) is 0 Å². The van der Waals surface area contributed by atoms with Crippen LogP contribution in [-0.4, -0.2) is 43.7 Å². The summed E-state index contributed by atoms with van der Waals surface area (Å²) in [5.41, 5.74) is 6.24. The Hall–Kier alpha value is -2.71. The van der Waals surface area contributed by atoms with E-state index in [9.17, 15) is 18.0 Å². The van der Waals surface area contributed by atoms with Crippen LogP contribution in [-0.2, 0) is 14.8 Å². The highest BCUT2D eigenvalue weighted by Crippen LogP contribution is 2.26. The molecule has 2 aromatic carbocycles. The number of benzene rings is 2. The minimum Gasteiger partial charge on any atom is -0.370 e. The van der Waals surface area contributed by atoms with Gasteiger partial charge in [-0.3, -0.25) is 9.59 Å². The summed E-state index contributed by atoms with van der Waals surface area (Å²) in [7, 11) is -3.60. The third-order valence-electron chi connectivity index (χ3n) is 5.34. The van der Waals surface area contributed by atoms with E-state index in [2.05, 4.69) is 0 Å². The maximum atomic E-state index is 13.1. The molecule has 1 atom stereocenters. The van der Waals surface area contributed by atoms with Gasteiger partial charge in [-0.2, -0.15) is 4.31 Å². The Morgan fingerprint density at radius 2 is 1.73 bits per heavy atom. The first kappa shape index (κ1) is 22.0. The number of nitrogens with two attached hydrogens (primary N) is 1. The highest BCUT2D eigenvalue weighted by atomic mass is 32.2. The molecule has 160 valence electrons.